The molecule has 32 heavy (non-hydrogen) atoms. The van der Waals surface area contributed by atoms with Crippen molar-refractivity contribution in [3.63, 3.8) is 0 Å². The summed E-state index contributed by atoms with van der Waals surface area (Å²) >= 11 is 0. The smallest absolute Gasteiger partial charge is 0.340 e. The van der Waals surface area contributed by atoms with E-state index in [2.05, 4.69) is 23.5 Å². The molecule has 0 bridgehead atoms. The Bertz CT molecular complexity index is 872. The summed E-state index contributed by atoms with van der Waals surface area (Å²) in [6.07, 6.45) is -2.02. The lowest BCUT2D eigenvalue weighted by Crippen LogP contribution is -2.52. The van der Waals surface area contributed by atoms with Crippen molar-refractivity contribution in [2.24, 2.45) is 5.92 Å². The fourth-order valence-corrected chi connectivity index (χ4v) is 5.94. The number of sulfonamides is 1. The van der Waals surface area contributed by atoms with Crippen molar-refractivity contribution in [1.82, 2.24) is 14.5 Å². The van der Waals surface area contributed by atoms with E-state index in [9.17, 15) is 26.4 Å². The van der Waals surface area contributed by atoms with E-state index in [0.717, 1.165) is 38.3 Å². The molecule has 1 aliphatic heterocycles. The average Bonchev–Trinajstić information content (AvgIpc) is 2.73. The summed E-state index contributed by atoms with van der Waals surface area (Å²) in [7, 11) is -3.69. The SMILES string of the molecule is CC(C)N1CCN(C(=O)C2CCC(NS(=O)(=O)Cc3ccc(C(F)(F)F)cc3)CC2)CC1. The first-order valence-electron chi connectivity index (χ1n) is 11.1. The molecule has 3 rings (SSSR count). The molecular weight excluding hydrogens is 443 g/mol. The summed E-state index contributed by atoms with van der Waals surface area (Å²) in [6.45, 7) is 7.52. The molecule has 0 unspecified atom stereocenters. The van der Waals surface area contributed by atoms with Crippen LogP contribution in [0.3, 0.4) is 0 Å². The molecule has 1 saturated heterocycles. The van der Waals surface area contributed by atoms with Gasteiger partial charge >= 0.3 is 6.18 Å². The topological polar surface area (TPSA) is 69.7 Å². The van der Waals surface area contributed by atoms with Crippen LogP contribution in [0.25, 0.3) is 0 Å². The monoisotopic (exact) mass is 475 g/mol. The van der Waals surface area contributed by atoms with Gasteiger partial charge in [0.05, 0.1) is 11.3 Å². The van der Waals surface area contributed by atoms with Gasteiger partial charge in [0.15, 0.2) is 0 Å². The number of hydrogen-bond donors (Lipinski definition) is 1. The number of amides is 1. The predicted octanol–water partition coefficient (Wildman–Crippen LogP) is 3.24. The van der Waals surface area contributed by atoms with Gasteiger partial charge in [-0.1, -0.05) is 12.1 Å². The zero-order valence-electron chi connectivity index (χ0n) is 18.6. The molecule has 1 saturated carbocycles. The van der Waals surface area contributed by atoms with Crippen LogP contribution in [0.2, 0.25) is 0 Å². The van der Waals surface area contributed by atoms with E-state index >= 15 is 0 Å². The molecule has 1 aromatic carbocycles. The lowest BCUT2D eigenvalue weighted by atomic mass is 9.85. The summed E-state index contributed by atoms with van der Waals surface area (Å²) < 4.78 is 65.6. The summed E-state index contributed by atoms with van der Waals surface area (Å²) in [5.74, 6) is -0.278. The molecule has 1 aromatic rings. The standard InChI is InChI=1S/C22H32F3N3O3S/c1-16(2)27-11-13-28(14-12-27)21(29)18-5-9-20(10-6-18)26-32(30,31)15-17-3-7-19(8-4-17)22(23,24)25/h3-4,7-8,16,18,20,26H,5-6,9-15H2,1-2H3. The first kappa shape index (κ1) is 25.0. The van der Waals surface area contributed by atoms with Crippen LogP contribution < -0.4 is 4.72 Å². The Labute approximate surface area is 188 Å². The number of benzene rings is 1. The number of carbonyl (C=O) groups is 1. The normalized spacial score (nSPS) is 23.5. The molecule has 10 heteroatoms. The number of carbonyl (C=O) groups excluding carboxylic acids is 1. The largest absolute Gasteiger partial charge is 0.416 e. The molecule has 180 valence electrons. The Hall–Kier alpha value is -1.65. The molecular formula is C22H32F3N3O3S. The predicted molar refractivity (Wildman–Crippen MR) is 116 cm³/mol. The minimum absolute atomic E-state index is 0.0729. The molecule has 0 aromatic heterocycles. The third-order valence-electron chi connectivity index (χ3n) is 6.42. The van der Waals surface area contributed by atoms with Crippen LogP contribution >= 0.6 is 0 Å². The van der Waals surface area contributed by atoms with Crippen molar-refractivity contribution >= 4 is 15.9 Å². The second kappa shape index (κ2) is 10.1. The Balaban J connectivity index is 1.46. The molecule has 2 aliphatic rings. The van der Waals surface area contributed by atoms with Crippen LogP contribution in [0.1, 0.15) is 50.7 Å². The van der Waals surface area contributed by atoms with Crippen molar-refractivity contribution in [2.75, 3.05) is 26.2 Å². The van der Waals surface area contributed by atoms with Crippen LogP contribution in [0.4, 0.5) is 13.2 Å². The lowest BCUT2D eigenvalue weighted by molar-refractivity contribution is -0.139. The first-order chi connectivity index (χ1) is 14.9. The van der Waals surface area contributed by atoms with E-state index in [0.29, 0.717) is 37.3 Å². The van der Waals surface area contributed by atoms with Gasteiger partial charge in [0, 0.05) is 44.2 Å². The number of hydrogen-bond acceptors (Lipinski definition) is 4. The minimum Gasteiger partial charge on any atom is -0.340 e. The number of halogens is 3. The van der Waals surface area contributed by atoms with Crippen molar-refractivity contribution < 1.29 is 26.4 Å². The maximum absolute atomic E-state index is 12.8. The van der Waals surface area contributed by atoms with Crippen LogP contribution in [-0.2, 0) is 26.7 Å². The van der Waals surface area contributed by atoms with Gasteiger partial charge in [-0.25, -0.2) is 13.1 Å². The molecule has 2 fully saturated rings. The molecule has 6 nitrogen and oxygen atoms in total. The second-order valence-electron chi connectivity index (χ2n) is 9.08. The number of piperazine rings is 1. The van der Waals surface area contributed by atoms with E-state index in [1.165, 1.54) is 12.1 Å². The molecule has 1 aliphatic carbocycles. The summed E-state index contributed by atoms with van der Waals surface area (Å²) in [5, 5.41) is 0. The Morgan fingerprint density at radius 3 is 2.09 bits per heavy atom. The fraction of sp³-hybridized carbons (Fsp3) is 0.682. The van der Waals surface area contributed by atoms with Crippen LogP contribution in [0.5, 0.6) is 0 Å². The minimum atomic E-state index is -4.45. The molecule has 0 atom stereocenters. The molecule has 1 N–H and O–H groups in total. The van der Waals surface area contributed by atoms with E-state index in [1.54, 1.807) is 0 Å². The summed E-state index contributed by atoms with van der Waals surface area (Å²) in [4.78, 5) is 17.1. The Morgan fingerprint density at radius 1 is 1.03 bits per heavy atom. The van der Waals surface area contributed by atoms with Gasteiger partial charge in [-0.3, -0.25) is 9.69 Å². The van der Waals surface area contributed by atoms with Gasteiger partial charge in [-0.15, -0.1) is 0 Å². The molecule has 1 amide bonds. The Morgan fingerprint density at radius 2 is 1.59 bits per heavy atom. The Kier molecular flexibility index (Phi) is 7.88. The van der Waals surface area contributed by atoms with Crippen molar-refractivity contribution in [3.8, 4) is 0 Å². The highest BCUT2D eigenvalue weighted by molar-refractivity contribution is 7.88. The third-order valence-corrected chi connectivity index (χ3v) is 7.82. The van der Waals surface area contributed by atoms with Crippen LogP contribution in [0, 0.1) is 5.92 Å². The van der Waals surface area contributed by atoms with Crippen molar-refractivity contribution in [1.29, 1.82) is 0 Å². The number of nitrogens with zero attached hydrogens (tertiary/aromatic N) is 2. The highest BCUT2D eigenvalue weighted by Gasteiger charge is 2.33. The van der Waals surface area contributed by atoms with Crippen LogP contribution in [0.15, 0.2) is 24.3 Å². The zero-order chi connectivity index (χ0) is 23.5. The van der Waals surface area contributed by atoms with Gasteiger partial charge in [0.2, 0.25) is 15.9 Å². The maximum Gasteiger partial charge on any atom is 0.416 e. The molecule has 0 spiro atoms. The van der Waals surface area contributed by atoms with E-state index in [-0.39, 0.29) is 23.6 Å². The van der Waals surface area contributed by atoms with Gasteiger partial charge in [0.25, 0.3) is 0 Å². The second-order valence-corrected chi connectivity index (χ2v) is 10.8. The number of nitrogens with one attached hydrogen (secondary N) is 1. The third kappa shape index (κ3) is 6.68. The van der Waals surface area contributed by atoms with Crippen LogP contribution in [-0.4, -0.2) is 62.4 Å². The lowest BCUT2D eigenvalue weighted by Gasteiger charge is -2.39. The quantitative estimate of drug-likeness (QED) is 0.686. The summed E-state index contributed by atoms with van der Waals surface area (Å²) in [5.41, 5.74) is -0.505. The van der Waals surface area contributed by atoms with Gasteiger partial charge in [0.1, 0.15) is 0 Å². The van der Waals surface area contributed by atoms with Crippen molar-refractivity contribution in [2.45, 2.75) is 63.5 Å². The average molecular weight is 476 g/mol. The summed E-state index contributed by atoms with van der Waals surface area (Å²) in [6, 6.07) is 4.38. The van der Waals surface area contributed by atoms with Gasteiger partial charge in [-0.05, 0) is 57.2 Å². The number of rotatable bonds is 6. The van der Waals surface area contributed by atoms with Gasteiger partial charge in [-0.2, -0.15) is 13.2 Å². The molecule has 0 radical (unpaired) electrons. The maximum atomic E-state index is 12.8. The van der Waals surface area contributed by atoms with Gasteiger partial charge < -0.3 is 4.90 Å². The van der Waals surface area contributed by atoms with Crippen molar-refractivity contribution in [3.05, 3.63) is 35.4 Å². The number of alkyl halides is 3. The van der Waals surface area contributed by atoms with E-state index in [4.69, 9.17) is 0 Å². The highest BCUT2D eigenvalue weighted by atomic mass is 32.2. The zero-order valence-corrected chi connectivity index (χ0v) is 19.4. The fourth-order valence-electron chi connectivity index (χ4n) is 4.48. The molecule has 1 heterocycles. The van der Waals surface area contributed by atoms with E-state index < -0.39 is 21.8 Å². The highest BCUT2D eigenvalue weighted by Crippen LogP contribution is 2.30. The van der Waals surface area contributed by atoms with E-state index in [1.807, 2.05) is 4.90 Å². The first-order valence-corrected chi connectivity index (χ1v) is 12.8.